The molecule has 0 aromatic rings. The van der Waals surface area contributed by atoms with Gasteiger partial charge in [0.2, 0.25) is 5.91 Å². The Morgan fingerprint density at radius 1 is 0.391 bits per heavy atom. The number of rotatable bonds is 50. The molecular weight excluding hydrogens is 783 g/mol. The van der Waals surface area contributed by atoms with Crippen molar-refractivity contribution < 1.29 is 15.0 Å². The molecule has 3 N–H and O–H groups in total. The molecule has 0 aliphatic heterocycles. The van der Waals surface area contributed by atoms with Crippen molar-refractivity contribution in [3.05, 3.63) is 85.1 Å². The number of carbonyl (C=O) groups is 1. The Morgan fingerprint density at radius 3 is 1.03 bits per heavy atom. The van der Waals surface area contributed by atoms with Crippen LogP contribution >= 0.6 is 0 Å². The minimum atomic E-state index is -0.839. The lowest BCUT2D eigenvalue weighted by atomic mass is 10.0. The first-order chi connectivity index (χ1) is 31.7. The molecule has 0 aliphatic rings. The first kappa shape index (κ1) is 61.6. The number of aliphatic hydroxyl groups excluding tert-OH is 2. The highest BCUT2D eigenvalue weighted by atomic mass is 16.3. The van der Waals surface area contributed by atoms with Gasteiger partial charge in [-0.2, -0.15) is 0 Å². The van der Waals surface area contributed by atoms with E-state index in [4.69, 9.17) is 0 Å². The van der Waals surface area contributed by atoms with E-state index in [0.717, 1.165) is 64.2 Å². The predicted molar refractivity (Wildman–Crippen MR) is 285 cm³/mol. The van der Waals surface area contributed by atoms with Crippen LogP contribution < -0.4 is 5.32 Å². The molecular formula is C60H107NO3. The Balaban J connectivity index is 3.45. The maximum Gasteiger partial charge on any atom is 0.220 e. The quantitative estimate of drug-likeness (QED) is 0.0421. The minimum absolute atomic E-state index is 0.0634. The smallest absolute Gasteiger partial charge is 0.220 e. The second-order valence-corrected chi connectivity index (χ2v) is 18.6. The van der Waals surface area contributed by atoms with Crippen molar-refractivity contribution in [3.8, 4) is 0 Å². The topological polar surface area (TPSA) is 69.6 Å². The Kier molecular flexibility index (Phi) is 52.8. The van der Waals surface area contributed by atoms with Gasteiger partial charge in [0.1, 0.15) is 0 Å². The third-order valence-corrected chi connectivity index (χ3v) is 12.4. The number of unbranched alkanes of at least 4 members (excludes halogenated alkanes) is 31. The van der Waals surface area contributed by atoms with E-state index in [1.54, 1.807) is 6.08 Å². The normalized spacial score (nSPS) is 13.5. The number of hydrogen-bond donors (Lipinski definition) is 3. The molecule has 0 aromatic heterocycles. The molecule has 0 spiro atoms. The minimum Gasteiger partial charge on any atom is -0.394 e. The van der Waals surface area contributed by atoms with Gasteiger partial charge in [0, 0.05) is 6.42 Å². The molecule has 2 unspecified atom stereocenters. The van der Waals surface area contributed by atoms with E-state index in [1.165, 1.54) is 186 Å². The highest BCUT2D eigenvalue weighted by molar-refractivity contribution is 5.76. The van der Waals surface area contributed by atoms with Crippen LogP contribution in [0.1, 0.15) is 271 Å². The molecule has 0 rings (SSSR count). The maximum absolute atomic E-state index is 12.4. The number of allylic oxidation sites excluding steroid dienone is 13. The maximum atomic E-state index is 12.4. The summed E-state index contributed by atoms with van der Waals surface area (Å²) in [6, 6.07) is -0.622. The second-order valence-electron chi connectivity index (χ2n) is 18.6. The summed E-state index contributed by atoms with van der Waals surface area (Å²) in [7, 11) is 0. The van der Waals surface area contributed by atoms with Crippen LogP contribution in [0.5, 0.6) is 0 Å². The van der Waals surface area contributed by atoms with Crippen molar-refractivity contribution in [1.29, 1.82) is 0 Å². The molecule has 0 fully saturated rings. The second kappa shape index (κ2) is 54.9. The lowest BCUT2D eigenvalue weighted by molar-refractivity contribution is -0.123. The monoisotopic (exact) mass is 890 g/mol. The summed E-state index contributed by atoms with van der Waals surface area (Å²) in [4.78, 5) is 12.4. The van der Waals surface area contributed by atoms with Gasteiger partial charge in [-0.1, -0.05) is 279 Å². The third kappa shape index (κ3) is 50.6. The van der Waals surface area contributed by atoms with Gasteiger partial charge < -0.3 is 15.5 Å². The van der Waals surface area contributed by atoms with Gasteiger partial charge in [-0.3, -0.25) is 4.79 Å². The molecule has 0 saturated heterocycles. The molecule has 0 aliphatic carbocycles. The Morgan fingerprint density at radius 2 is 0.688 bits per heavy atom. The van der Waals surface area contributed by atoms with Crippen LogP contribution in [-0.4, -0.2) is 34.9 Å². The Labute approximate surface area is 399 Å². The van der Waals surface area contributed by atoms with E-state index < -0.39 is 12.1 Å². The van der Waals surface area contributed by atoms with Gasteiger partial charge >= 0.3 is 0 Å². The fourth-order valence-corrected chi connectivity index (χ4v) is 8.18. The van der Waals surface area contributed by atoms with Gasteiger partial charge in [0.05, 0.1) is 18.8 Å². The van der Waals surface area contributed by atoms with Crippen molar-refractivity contribution in [2.75, 3.05) is 6.61 Å². The average molecular weight is 891 g/mol. The van der Waals surface area contributed by atoms with Gasteiger partial charge in [-0.15, -0.1) is 0 Å². The van der Waals surface area contributed by atoms with Crippen LogP contribution in [-0.2, 0) is 4.79 Å². The first-order valence-electron chi connectivity index (χ1n) is 27.8. The SMILES string of the molecule is CC/C=C\C/C=C\C/C=C\C/C=C\C/C=C\C/C=C\CCCCCCCCCCCCCCCCCCCCCCC(=O)NC(CO)C(O)/C=C/CCCCCCCCCCCCC. The number of amides is 1. The summed E-state index contributed by atoms with van der Waals surface area (Å²) < 4.78 is 0. The summed E-state index contributed by atoms with van der Waals surface area (Å²) in [6.45, 7) is 4.19. The lowest BCUT2D eigenvalue weighted by Crippen LogP contribution is -2.45. The van der Waals surface area contributed by atoms with Crippen LogP contribution in [0.15, 0.2) is 85.1 Å². The van der Waals surface area contributed by atoms with Gasteiger partial charge in [-0.05, 0) is 70.6 Å². The fraction of sp³-hybridized carbons (Fsp3) is 0.750. The summed E-state index contributed by atoms with van der Waals surface area (Å²) in [5.41, 5.74) is 0. The summed E-state index contributed by atoms with van der Waals surface area (Å²) in [5, 5.41) is 23.1. The molecule has 370 valence electrons. The van der Waals surface area contributed by atoms with Crippen LogP contribution in [0.4, 0.5) is 0 Å². The molecule has 0 saturated carbocycles. The fourth-order valence-electron chi connectivity index (χ4n) is 8.18. The average Bonchev–Trinajstić information content (AvgIpc) is 3.30. The zero-order valence-corrected chi connectivity index (χ0v) is 42.5. The molecule has 0 heterocycles. The van der Waals surface area contributed by atoms with Crippen LogP contribution in [0.25, 0.3) is 0 Å². The van der Waals surface area contributed by atoms with E-state index in [-0.39, 0.29) is 12.5 Å². The first-order valence-corrected chi connectivity index (χ1v) is 27.8. The number of carbonyl (C=O) groups excluding carboxylic acids is 1. The highest BCUT2D eigenvalue weighted by Gasteiger charge is 2.18. The predicted octanol–water partition coefficient (Wildman–Crippen LogP) is 18.4. The molecule has 0 radical (unpaired) electrons. The molecule has 64 heavy (non-hydrogen) atoms. The number of aliphatic hydroxyl groups is 2. The van der Waals surface area contributed by atoms with E-state index >= 15 is 0 Å². The zero-order chi connectivity index (χ0) is 46.3. The van der Waals surface area contributed by atoms with Crippen molar-refractivity contribution >= 4 is 5.91 Å². The van der Waals surface area contributed by atoms with Crippen LogP contribution in [0.2, 0.25) is 0 Å². The zero-order valence-electron chi connectivity index (χ0n) is 42.5. The molecule has 4 heteroatoms. The molecule has 4 nitrogen and oxygen atoms in total. The summed E-state index contributed by atoms with van der Waals surface area (Å²) in [5.74, 6) is -0.0634. The van der Waals surface area contributed by atoms with Crippen LogP contribution in [0.3, 0.4) is 0 Å². The van der Waals surface area contributed by atoms with Gasteiger partial charge in [0.25, 0.3) is 0 Å². The standard InChI is InChI=1S/C60H107NO3/c1-3-5-7-9-11-13-15-17-18-19-20-21-22-23-24-25-26-27-28-29-30-31-32-33-34-35-36-37-38-39-40-41-42-44-46-48-50-52-54-56-60(64)61-58(57-62)59(63)55-53-51-49-47-45-43-16-14-12-10-8-6-4-2/h5,7,11,13,17-18,20-21,23-24,26-27,53,55,58-59,62-63H,3-4,6,8-10,12,14-16,19,22,25,28-52,54,56-57H2,1-2H3,(H,61,64)/b7-5-,13-11-,18-17-,21-20-,24-23-,27-26-,55-53+. The van der Waals surface area contributed by atoms with Crippen molar-refractivity contribution in [2.45, 2.75) is 283 Å². The van der Waals surface area contributed by atoms with Crippen molar-refractivity contribution in [1.82, 2.24) is 5.32 Å². The number of nitrogens with one attached hydrogen (secondary N) is 1. The van der Waals surface area contributed by atoms with E-state index in [1.807, 2.05) is 6.08 Å². The van der Waals surface area contributed by atoms with Crippen molar-refractivity contribution in [2.24, 2.45) is 0 Å². The molecule has 0 bridgehead atoms. The highest BCUT2D eigenvalue weighted by Crippen LogP contribution is 2.16. The van der Waals surface area contributed by atoms with E-state index in [0.29, 0.717) is 6.42 Å². The molecule has 1 amide bonds. The number of hydrogen-bond acceptors (Lipinski definition) is 3. The van der Waals surface area contributed by atoms with Crippen molar-refractivity contribution in [3.63, 3.8) is 0 Å². The summed E-state index contributed by atoms with van der Waals surface area (Å²) in [6.07, 6.45) is 80.3. The molecule has 2 atom stereocenters. The lowest BCUT2D eigenvalue weighted by Gasteiger charge is -2.20. The van der Waals surface area contributed by atoms with Gasteiger partial charge in [-0.25, -0.2) is 0 Å². The van der Waals surface area contributed by atoms with E-state index in [9.17, 15) is 15.0 Å². The molecule has 0 aromatic carbocycles. The van der Waals surface area contributed by atoms with E-state index in [2.05, 4.69) is 92.1 Å². The van der Waals surface area contributed by atoms with Crippen LogP contribution in [0, 0.1) is 0 Å². The third-order valence-electron chi connectivity index (χ3n) is 12.4. The summed E-state index contributed by atoms with van der Waals surface area (Å²) >= 11 is 0. The van der Waals surface area contributed by atoms with Gasteiger partial charge in [0.15, 0.2) is 0 Å². The Bertz CT molecular complexity index is 1150. The Hall–Kier alpha value is -2.43. The largest absolute Gasteiger partial charge is 0.394 e.